The average molecular weight is 278 g/mol. The minimum atomic E-state index is 0.767. The number of hydrogen-bond donors (Lipinski definition) is 2. The maximum Gasteiger partial charge on any atom is 0.148 e. The molecule has 0 fully saturated rings. The van der Waals surface area contributed by atoms with Crippen LogP contribution in [-0.4, -0.2) is 9.78 Å². The zero-order valence-electron chi connectivity index (χ0n) is 11.9. The van der Waals surface area contributed by atoms with E-state index < -0.39 is 0 Å². The molecule has 5 heteroatoms. The summed E-state index contributed by atoms with van der Waals surface area (Å²) in [5.74, 6) is 0.954. The van der Waals surface area contributed by atoms with E-state index in [0.29, 0.717) is 0 Å². The highest BCUT2D eigenvalue weighted by atomic mass is 32.1. The Bertz CT molecular complexity index is 542. The molecule has 2 heterocycles. The van der Waals surface area contributed by atoms with Gasteiger partial charge in [0, 0.05) is 11.4 Å². The Morgan fingerprint density at radius 3 is 2.89 bits per heavy atom. The van der Waals surface area contributed by atoms with Crippen LogP contribution in [0.4, 0.5) is 11.5 Å². The summed E-state index contributed by atoms with van der Waals surface area (Å²) in [7, 11) is 0. The number of aryl methyl sites for hydroxylation is 3. The summed E-state index contributed by atoms with van der Waals surface area (Å²) in [6.07, 6.45) is 2.12. The molecule has 0 amide bonds. The molecular weight excluding hydrogens is 256 g/mol. The lowest BCUT2D eigenvalue weighted by Crippen LogP contribution is -2.09. The number of hydrogen-bond acceptors (Lipinski definition) is 4. The quantitative estimate of drug-likeness (QED) is 0.851. The van der Waals surface area contributed by atoms with Crippen molar-refractivity contribution in [3.8, 4) is 0 Å². The molecule has 0 aromatic carbocycles. The number of nitrogens with zero attached hydrogens (tertiary/aromatic N) is 2. The SMILES string of the molecule is CCCn1nc(C)c(N)c1NCc1sccc1CC. The molecule has 2 rings (SSSR count). The lowest BCUT2D eigenvalue weighted by Gasteiger charge is -2.10. The normalized spacial score (nSPS) is 10.9. The Kier molecular flexibility index (Phi) is 4.47. The van der Waals surface area contributed by atoms with Crippen molar-refractivity contribution in [2.45, 2.75) is 46.7 Å². The Hall–Kier alpha value is -1.49. The minimum Gasteiger partial charge on any atom is -0.394 e. The van der Waals surface area contributed by atoms with Gasteiger partial charge in [0.25, 0.3) is 0 Å². The summed E-state index contributed by atoms with van der Waals surface area (Å²) in [5.41, 5.74) is 9.18. The molecule has 2 aromatic heterocycles. The maximum atomic E-state index is 6.10. The van der Waals surface area contributed by atoms with Gasteiger partial charge in [-0.25, -0.2) is 4.68 Å². The van der Waals surface area contributed by atoms with E-state index in [1.165, 1.54) is 10.4 Å². The molecule has 104 valence electrons. The molecule has 0 atom stereocenters. The van der Waals surface area contributed by atoms with Crippen LogP contribution in [0.15, 0.2) is 11.4 Å². The van der Waals surface area contributed by atoms with Crippen LogP contribution in [0.1, 0.15) is 36.4 Å². The van der Waals surface area contributed by atoms with Crippen LogP contribution in [0.2, 0.25) is 0 Å². The van der Waals surface area contributed by atoms with Crippen molar-refractivity contribution in [2.24, 2.45) is 0 Å². The summed E-state index contributed by atoms with van der Waals surface area (Å²) in [6, 6.07) is 2.19. The first-order chi connectivity index (χ1) is 9.17. The third kappa shape index (κ3) is 2.92. The number of anilines is 2. The van der Waals surface area contributed by atoms with E-state index in [9.17, 15) is 0 Å². The first-order valence-electron chi connectivity index (χ1n) is 6.79. The van der Waals surface area contributed by atoms with Crippen LogP contribution in [0.5, 0.6) is 0 Å². The number of nitrogen functional groups attached to an aromatic ring is 1. The van der Waals surface area contributed by atoms with Crippen LogP contribution < -0.4 is 11.1 Å². The van der Waals surface area contributed by atoms with Gasteiger partial charge in [0.15, 0.2) is 0 Å². The van der Waals surface area contributed by atoms with Crippen molar-refractivity contribution >= 4 is 22.8 Å². The number of rotatable bonds is 6. The highest BCUT2D eigenvalue weighted by Gasteiger charge is 2.12. The van der Waals surface area contributed by atoms with Gasteiger partial charge >= 0.3 is 0 Å². The zero-order chi connectivity index (χ0) is 13.8. The zero-order valence-corrected chi connectivity index (χ0v) is 12.7. The van der Waals surface area contributed by atoms with Gasteiger partial charge < -0.3 is 11.1 Å². The second-order valence-corrected chi connectivity index (χ2v) is 5.65. The fourth-order valence-electron chi connectivity index (χ4n) is 2.16. The van der Waals surface area contributed by atoms with E-state index in [-0.39, 0.29) is 0 Å². The Morgan fingerprint density at radius 2 is 2.21 bits per heavy atom. The second kappa shape index (κ2) is 6.10. The Balaban J connectivity index is 2.14. The molecule has 3 N–H and O–H groups in total. The highest BCUT2D eigenvalue weighted by molar-refractivity contribution is 7.10. The Morgan fingerprint density at radius 1 is 1.42 bits per heavy atom. The van der Waals surface area contributed by atoms with Gasteiger partial charge in [-0.3, -0.25) is 0 Å². The molecule has 0 unspecified atom stereocenters. The van der Waals surface area contributed by atoms with Gasteiger partial charge in [-0.2, -0.15) is 5.10 Å². The summed E-state index contributed by atoms with van der Waals surface area (Å²) in [5, 5.41) is 10.1. The maximum absolute atomic E-state index is 6.10. The first-order valence-corrected chi connectivity index (χ1v) is 7.67. The minimum absolute atomic E-state index is 0.767. The Labute approximate surface area is 118 Å². The molecule has 19 heavy (non-hydrogen) atoms. The lowest BCUT2D eigenvalue weighted by atomic mass is 10.2. The van der Waals surface area contributed by atoms with Crippen LogP contribution in [0, 0.1) is 6.92 Å². The molecule has 0 spiro atoms. The summed E-state index contributed by atoms with van der Waals surface area (Å²) < 4.78 is 1.98. The first kappa shape index (κ1) is 13.9. The van der Waals surface area contributed by atoms with Crippen molar-refractivity contribution in [3.63, 3.8) is 0 Å². The largest absolute Gasteiger partial charge is 0.394 e. The van der Waals surface area contributed by atoms with Crippen LogP contribution >= 0.6 is 11.3 Å². The third-order valence-corrected chi connectivity index (χ3v) is 4.21. The van der Waals surface area contributed by atoms with E-state index in [2.05, 4.69) is 35.7 Å². The number of nitrogens with two attached hydrogens (primary N) is 1. The van der Waals surface area contributed by atoms with Gasteiger partial charge in [0.2, 0.25) is 0 Å². The van der Waals surface area contributed by atoms with E-state index in [4.69, 9.17) is 5.73 Å². The summed E-state index contributed by atoms with van der Waals surface area (Å²) in [4.78, 5) is 1.38. The van der Waals surface area contributed by atoms with Crippen molar-refractivity contribution < 1.29 is 0 Å². The highest BCUT2D eigenvalue weighted by Crippen LogP contribution is 2.25. The van der Waals surface area contributed by atoms with Crippen molar-refractivity contribution in [1.82, 2.24) is 9.78 Å². The molecule has 0 bridgehead atoms. The molecule has 0 aliphatic rings. The molecule has 0 saturated carbocycles. The average Bonchev–Trinajstić information content (AvgIpc) is 2.95. The predicted octanol–water partition coefficient (Wildman–Crippen LogP) is 3.42. The van der Waals surface area contributed by atoms with E-state index in [1.54, 1.807) is 11.3 Å². The fraction of sp³-hybridized carbons (Fsp3) is 0.500. The van der Waals surface area contributed by atoms with Crippen LogP contribution in [-0.2, 0) is 19.5 Å². The van der Waals surface area contributed by atoms with Gasteiger partial charge in [0.1, 0.15) is 5.82 Å². The number of thiophene rings is 1. The summed E-state index contributed by atoms with van der Waals surface area (Å²) >= 11 is 1.79. The number of aromatic nitrogens is 2. The monoisotopic (exact) mass is 278 g/mol. The third-order valence-electron chi connectivity index (χ3n) is 3.24. The molecule has 4 nitrogen and oxygen atoms in total. The topological polar surface area (TPSA) is 55.9 Å². The van der Waals surface area contributed by atoms with Crippen LogP contribution in [0.3, 0.4) is 0 Å². The molecular formula is C14H22N4S. The van der Waals surface area contributed by atoms with Crippen molar-refractivity contribution in [2.75, 3.05) is 11.1 Å². The van der Waals surface area contributed by atoms with Gasteiger partial charge in [0.05, 0.1) is 17.9 Å². The molecule has 0 aliphatic heterocycles. The number of nitrogens with one attached hydrogen (secondary N) is 1. The molecule has 0 aliphatic carbocycles. The molecule has 2 aromatic rings. The predicted molar refractivity (Wildman–Crippen MR) is 82.7 cm³/mol. The molecule has 0 saturated heterocycles. The second-order valence-electron chi connectivity index (χ2n) is 4.65. The summed E-state index contributed by atoms with van der Waals surface area (Å²) in [6.45, 7) is 8.00. The lowest BCUT2D eigenvalue weighted by molar-refractivity contribution is 0.603. The van der Waals surface area contributed by atoms with Gasteiger partial charge in [-0.1, -0.05) is 13.8 Å². The fourth-order valence-corrected chi connectivity index (χ4v) is 3.07. The van der Waals surface area contributed by atoms with E-state index >= 15 is 0 Å². The van der Waals surface area contributed by atoms with Crippen molar-refractivity contribution in [1.29, 1.82) is 0 Å². The van der Waals surface area contributed by atoms with E-state index in [1.807, 2.05) is 11.6 Å². The standard InChI is InChI=1S/C14H22N4S/c1-4-7-18-14(13(15)10(3)17-18)16-9-12-11(5-2)6-8-19-12/h6,8,16H,4-5,7,9,15H2,1-3H3. The van der Waals surface area contributed by atoms with Crippen molar-refractivity contribution in [3.05, 3.63) is 27.6 Å². The molecule has 0 radical (unpaired) electrons. The van der Waals surface area contributed by atoms with Crippen LogP contribution in [0.25, 0.3) is 0 Å². The van der Waals surface area contributed by atoms with Gasteiger partial charge in [-0.05, 0) is 36.8 Å². The van der Waals surface area contributed by atoms with Gasteiger partial charge in [-0.15, -0.1) is 11.3 Å². The smallest absolute Gasteiger partial charge is 0.148 e. The van der Waals surface area contributed by atoms with E-state index in [0.717, 1.165) is 43.1 Å².